The third-order valence-corrected chi connectivity index (χ3v) is 5.94. The first kappa shape index (κ1) is 16.0. The van der Waals surface area contributed by atoms with Crippen LogP contribution in [0.4, 0.5) is 0 Å². The highest BCUT2D eigenvalue weighted by molar-refractivity contribution is 5.84. The van der Waals surface area contributed by atoms with Gasteiger partial charge in [-0.2, -0.15) is 0 Å². The van der Waals surface area contributed by atoms with Crippen LogP contribution in [0.15, 0.2) is 36.8 Å². The number of rotatable bonds is 3. The van der Waals surface area contributed by atoms with Crippen LogP contribution in [0.3, 0.4) is 0 Å². The molecule has 5 heteroatoms. The SMILES string of the molecule is Cc1cnc2c(c1)c1c(n2CC(O)c2cccnc2)CCN2CCCC12. The molecule has 0 bridgehead atoms. The smallest absolute Gasteiger partial charge is 0.140 e. The van der Waals surface area contributed by atoms with Crippen molar-refractivity contribution < 1.29 is 5.11 Å². The summed E-state index contributed by atoms with van der Waals surface area (Å²) < 4.78 is 2.26. The summed E-state index contributed by atoms with van der Waals surface area (Å²) in [7, 11) is 0. The lowest BCUT2D eigenvalue weighted by Crippen LogP contribution is -2.31. The van der Waals surface area contributed by atoms with Crippen molar-refractivity contribution >= 4 is 11.0 Å². The van der Waals surface area contributed by atoms with Crippen LogP contribution in [0, 0.1) is 6.92 Å². The highest BCUT2D eigenvalue weighted by Crippen LogP contribution is 2.43. The third kappa shape index (κ3) is 2.46. The van der Waals surface area contributed by atoms with Gasteiger partial charge in [-0.3, -0.25) is 9.88 Å². The Balaban J connectivity index is 1.64. The minimum Gasteiger partial charge on any atom is -0.386 e. The number of fused-ring (bicyclic) bond motifs is 5. The Labute approximate surface area is 153 Å². The second kappa shape index (κ2) is 6.18. The molecule has 0 radical (unpaired) electrons. The van der Waals surface area contributed by atoms with E-state index in [0.717, 1.165) is 24.2 Å². The first-order valence-corrected chi connectivity index (χ1v) is 9.52. The fourth-order valence-electron chi connectivity index (χ4n) is 4.76. The number of hydrogen-bond acceptors (Lipinski definition) is 4. The Morgan fingerprint density at radius 2 is 2.23 bits per heavy atom. The topological polar surface area (TPSA) is 54.2 Å². The molecular formula is C21H24N4O. The molecule has 0 aromatic carbocycles. The van der Waals surface area contributed by atoms with E-state index in [-0.39, 0.29) is 0 Å². The maximum absolute atomic E-state index is 10.8. The highest BCUT2D eigenvalue weighted by atomic mass is 16.3. The number of aliphatic hydroxyl groups is 1. The number of aromatic nitrogens is 3. The Bertz CT molecular complexity index is 950. The molecule has 134 valence electrons. The molecule has 0 aliphatic carbocycles. The van der Waals surface area contributed by atoms with Crippen LogP contribution < -0.4 is 0 Å². The van der Waals surface area contributed by atoms with E-state index in [1.54, 1.807) is 12.4 Å². The van der Waals surface area contributed by atoms with Gasteiger partial charge in [0.15, 0.2) is 0 Å². The van der Waals surface area contributed by atoms with Crippen LogP contribution in [-0.2, 0) is 13.0 Å². The minimum absolute atomic E-state index is 0.515. The summed E-state index contributed by atoms with van der Waals surface area (Å²) in [5, 5.41) is 12.1. The summed E-state index contributed by atoms with van der Waals surface area (Å²) in [4.78, 5) is 11.5. The molecule has 1 N–H and O–H groups in total. The summed E-state index contributed by atoms with van der Waals surface area (Å²) in [6, 6.07) is 6.60. The fourth-order valence-corrected chi connectivity index (χ4v) is 4.76. The summed E-state index contributed by atoms with van der Waals surface area (Å²) in [6.07, 6.45) is 8.38. The molecule has 2 unspecified atom stereocenters. The molecule has 5 heterocycles. The van der Waals surface area contributed by atoms with Crippen LogP contribution in [0.1, 0.15) is 47.4 Å². The number of hydrogen-bond donors (Lipinski definition) is 1. The van der Waals surface area contributed by atoms with Crippen LogP contribution in [0.25, 0.3) is 11.0 Å². The van der Waals surface area contributed by atoms with E-state index >= 15 is 0 Å². The maximum atomic E-state index is 10.8. The Morgan fingerprint density at radius 1 is 1.31 bits per heavy atom. The Kier molecular flexibility index (Phi) is 3.80. The highest BCUT2D eigenvalue weighted by Gasteiger charge is 2.35. The molecule has 0 amide bonds. The number of pyridine rings is 2. The van der Waals surface area contributed by atoms with Crippen LogP contribution in [-0.4, -0.2) is 37.6 Å². The van der Waals surface area contributed by atoms with E-state index in [9.17, 15) is 5.11 Å². The molecule has 2 aliphatic rings. The van der Waals surface area contributed by atoms with Gasteiger partial charge in [0.05, 0.1) is 12.6 Å². The zero-order chi connectivity index (χ0) is 17.7. The monoisotopic (exact) mass is 348 g/mol. The van der Waals surface area contributed by atoms with E-state index in [4.69, 9.17) is 4.98 Å². The predicted octanol–water partition coefficient (Wildman–Crippen LogP) is 3.17. The molecule has 3 aromatic rings. The number of nitrogens with zero attached hydrogens (tertiary/aromatic N) is 4. The van der Waals surface area contributed by atoms with Crippen LogP contribution >= 0.6 is 0 Å². The van der Waals surface area contributed by atoms with Crippen molar-refractivity contribution in [3.63, 3.8) is 0 Å². The number of aliphatic hydroxyl groups excluding tert-OH is 1. The Hall–Kier alpha value is -2.24. The van der Waals surface area contributed by atoms with Crippen molar-refractivity contribution in [3.05, 3.63) is 59.2 Å². The van der Waals surface area contributed by atoms with Crippen LogP contribution in [0.5, 0.6) is 0 Å². The summed E-state index contributed by atoms with van der Waals surface area (Å²) in [5.74, 6) is 0. The van der Waals surface area contributed by atoms with Crippen molar-refractivity contribution in [2.24, 2.45) is 0 Å². The van der Waals surface area contributed by atoms with Gasteiger partial charge in [-0.1, -0.05) is 6.07 Å². The van der Waals surface area contributed by atoms with Gasteiger partial charge < -0.3 is 9.67 Å². The molecule has 5 nitrogen and oxygen atoms in total. The van der Waals surface area contributed by atoms with E-state index in [1.807, 2.05) is 18.3 Å². The van der Waals surface area contributed by atoms with Gasteiger partial charge in [-0.15, -0.1) is 0 Å². The maximum Gasteiger partial charge on any atom is 0.140 e. The van der Waals surface area contributed by atoms with Gasteiger partial charge >= 0.3 is 0 Å². The van der Waals surface area contributed by atoms with E-state index in [0.29, 0.717) is 12.6 Å². The molecule has 2 atom stereocenters. The third-order valence-electron chi connectivity index (χ3n) is 5.94. The van der Waals surface area contributed by atoms with E-state index in [2.05, 4.69) is 27.4 Å². The largest absolute Gasteiger partial charge is 0.386 e. The first-order valence-electron chi connectivity index (χ1n) is 9.52. The molecule has 1 fully saturated rings. The van der Waals surface area contributed by atoms with Gasteiger partial charge in [-0.25, -0.2) is 4.98 Å². The van der Waals surface area contributed by atoms with E-state index < -0.39 is 6.10 Å². The standard InChI is InChI=1S/C21H24N4O/c1-14-10-16-20-17-5-3-8-24(17)9-6-18(20)25(21(16)23-11-14)13-19(26)15-4-2-7-22-12-15/h2,4,7,10-12,17,19,26H,3,5-6,8-9,13H2,1H3. The van der Waals surface area contributed by atoms with Gasteiger partial charge in [0.1, 0.15) is 5.65 Å². The predicted molar refractivity (Wildman–Crippen MR) is 101 cm³/mol. The lowest BCUT2D eigenvalue weighted by Gasteiger charge is -2.31. The quantitative estimate of drug-likeness (QED) is 0.790. The minimum atomic E-state index is -0.576. The number of aryl methyl sites for hydroxylation is 1. The second-order valence-electron chi connectivity index (χ2n) is 7.60. The van der Waals surface area contributed by atoms with Crippen molar-refractivity contribution in [1.82, 2.24) is 19.4 Å². The van der Waals surface area contributed by atoms with Gasteiger partial charge in [0.25, 0.3) is 0 Å². The average Bonchev–Trinajstić information content (AvgIpc) is 3.25. The lowest BCUT2D eigenvalue weighted by atomic mass is 9.96. The van der Waals surface area contributed by atoms with Crippen molar-refractivity contribution in [2.75, 3.05) is 13.1 Å². The summed E-state index contributed by atoms with van der Waals surface area (Å²) in [5.41, 5.74) is 5.88. The van der Waals surface area contributed by atoms with Gasteiger partial charge in [0, 0.05) is 54.2 Å². The van der Waals surface area contributed by atoms with Crippen molar-refractivity contribution in [2.45, 2.75) is 44.9 Å². The molecule has 2 aliphatic heterocycles. The molecular weight excluding hydrogens is 324 g/mol. The lowest BCUT2D eigenvalue weighted by molar-refractivity contribution is 0.154. The van der Waals surface area contributed by atoms with E-state index in [1.165, 1.54) is 41.6 Å². The Morgan fingerprint density at radius 3 is 3.08 bits per heavy atom. The summed E-state index contributed by atoms with van der Waals surface area (Å²) in [6.45, 7) is 4.94. The van der Waals surface area contributed by atoms with Gasteiger partial charge in [0.2, 0.25) is 0 Å². The second-order valence-corrected chi connectivity index (χ2v) is 7.60. The molecule has 0 spiro atoms. The van der Waals surface area contributed by atoms with Crippen molar-refractivity contribution in [3.8, 4) is 0 Å². The molecule has 26 heavy (non-hydrogen) atoms. The normalized spacial score (nSPS) is 20.9. The average molecular weight is 348 g/mol. The fraction of sp³-hybridized carbons (Fsp3) is 0.429. The van der Waals surface area contributed by atoms with Gasteiger partial charge in [-0.05, 0) is 49.6 Å². The molecule has 1 saturated heterocycles. The zero-order valence-electron chi connectivity index (χ0n) is 15.1. The van der Waals surface area contributed by atoms with Crippen LogP contribution in [0.2, 0.25) is 0 Å². The molecule has 3 aromatic heterocycles. The molecule has 0 saturated carbocycles. The van der Waals surface area contributed by atoms with Crippen molar-refractivity contribution in [1.29, 1.82) is 0 Å². The first-order chi connectivity index (χ1) is 12.7. The summed E-state index contributed by atoms with van der Waals surface area (Å²) >= 11 is 0. The molecule has 5 rings (SSSR count). The zero-order valence-corrected chi connectivity index (χ0v) is 15.1.